The van der Waals surface area contributed by atoms with Crippen LogP contribution in [-0.2, 0) is 7.05 Å². The molecule has 1 atom stereocenters. The van der Waals surface area contributed by atoms with Crippen LogP contribution in [-0.4, -0.2) is 44.3 Å². The molecule has 1 aromatic carbocycles. The second kappa shape index (κ2) is 6.44. The summed E-state index contributed by atoms with van der Waals surface area (Å²) < 4.78 is 7.83. The van der Waals surface area contributed by atoms with Crippen LogP contribution in [0.25, 0.3) is 0 Å². The van der Waals surface area contributed by atoms with Gasteiger partial charge in [-0.15, -0.1) is 5.10 Å². The van der Waals surface area contributed by atoms with Gasteiger partial charge in [0.05, 0.1) is 6.04 Å². The smallest absolute Gasteiger partial charge is 0.167 e. The van der Waals surface area contributed by atoms with E-state index >= 15 is 0 Å². The van der Waals surface area contributed by atoms with Crippen LogP contribution in [0.3, 0.4) is 0 Å². The van der Waals surface area contributed by atoms with Gasteiger partial charge in [-0.25, -0.2) is 4.68 Å². The van der Waals surface area contributed by atoms with E-state index in [9.17, 15) is 0 Å². The Morgan fingerprint density at radius 1 is 1.18 bits per heavy atom. The van der Waals surface area contributed by atoms with Gasteiger partial charge in [-0.05, 0) is 49.2 Å². The molecule has 0 amide bonds. The molecule has 118 valence electrons. The molecule has 2 heterocycles. The molecule has 0 radical (unpaired) electrons. The van der Waals surface area contributed by atoms with E-state index in [4.69, 9.17) is 4.74 Å². The molecule has 0 aliphatic carbocycles. The topological polar surface area (TPSA) is 56.1 Å². The SMILES string of the molecule is Cc1ccc(OC2CCN([C@H](C)c3nnnn3C)CC2)cc1. The molecule has 22 heavy (non-hydrogen) atoms. The average molecular weight is 301 g/mol. The Morgan fingerprint density at radius 2 is 1.86 bits per heavy atom. The Bertz CT molecular complexity index is 601. The molecule has 0 unspecified atom stereocenters. The normalized spacial score (nSPS) is 18.3. The first-order valence-electron chi connectivity index (χ1n) is 7.83. The summed E-state index contributed by atoms with van der Waals surface area (Å²) in [6, 6.07) is 8.52. The number of ether oxygens (including phenoxy) is 1. The molecular formula is C16H23N5O. The minimum Gasteiger partial charge on any atom is -0.490 e. The summed E-state index contributed by atoms with van der Waals surface area (Å²) in [5, 5.41) is 11.8. The Balaban J connectivity index is 1.54. The molecule has 1 aliphatic rings. The van der Waals surface area contributed by atoms with Crippen LogP contribution < -0.4 is 4.74 Å². The lowest BCUT2D eigenvalue weighted by atomic mass is 10.1. The minimum absolute atomic E-state index is 0.236. The molecule has 0 bridgehead atoms. The van der Waals surface area contributed by atoms with Crippen LogP contribution in [0.15, 0.2) is 24.3 Å². The highest BCUT2D eigenvalue weighted by molar-refractivity contribution is 5.26. The van der Waals surface area contributed by atoms with Gasteiger partial charge in [-0.3, -0.25) is 4.90 Å². The monoisotopic (exact) mass is 301 g/mol. The Hall–Kier alpha value is -1.95. The number of aromatic nitrogens is 4. The summed E-state index contributed by atoms with van der Waals surface area (Å²) >= 11 is 0. The molecule has 1 aliphatic heterocycles. The van der Waals surface area contributed by atoms with Crippen molar-refractivity contribution < 1.29 is 4.74 Å². The van der Waals surface area contributed by atoms with Crippen LogP contribution in [0.5, 0.6) is 5.75 Å². The average Bonchev–Trinajstić information content (AvgIpc) is 2.96. The zero-order chi connectivity index (χ0) is 15.5. The number of likely N-dealkylation sites (tertiary alicyclic amines) is 1. The predicted octanol–water partition coefficient (Wildman–Crippen LogP) is 2.12. The second-order valence-corrected chi connectivity index (χ2v) is 6.00. The fourth-order valence-electron chi connectivity index (χ4n) is 2.94. The van der Waals surface area contributed by atoms with E-state index in [0.29, 0.717) is 6.10 Å². The highest BCUT2D eigenvalue weighted by atomic mass is 16.5. The number of piperidine rings is 1. The van der Waals surface area contributed by atoms with Gasteiger partial charge in [0.15, 0.2) is 5.82 Å². The predicted molar refractivity (Wildman–Crippen MR) is 83.6 cm³/mol. The van der Waals surface area contributed by atoms with E-state index in [0.717, 1.165) is 37.5 Å². The number of hydrogen-bond donors (Lipinski definition) is 0. The van der Waals surface area contributed by atoms with Crippen molar-refractivity contribution >= 4 is 0 Å². The van der Waals surface area contributed by atoms with Crippen molar-refractivity contribution in [2.45, 2.75) is 38.8 Å². The van der Waals surface area contributed by atoms with Crippen molar-refractivity contribution in [3.63, 3.8) is 0 Å². The number of rotatable bonds is 4. The largest absolute Gasteiger partial charge is 0.490 e. The van der Waals surface area contributed by atoms with E-state index < -0.39 is 0 Å². The van der Waals surface area contributed by atoms with E-state index in [1.807, 2.05) is 7.05 Å². The van der Waals surface area contributed by atoms with Crippen molar-refractivity contribution in [3.8, 4) is 5.75 Å². The quantitative estimate of drug-likeness (QED) is 0.866. The minimum atomic E-state index is 0.236. The van der Waals surface area contributed by atoms with Crippen LogP contribution in [0, 0.1) is 6.92 Å². The van der Waals surface area contributed by atoms with Crippen LogP contribution in [0.4, 0.5) is 0 Å². The van der Waals surface area contributed by atoms with Crippen molar-refractivity contribution in [2.75, 3.05) is 13.1 Å². The zero-order valence-electron chi connectivity index (χ0n) is 13.4. The first kappa shape index (κ1) is 15.0. The van der Waals surface area contributed by atoms with Gasteiger partial charge in [0.1, 0.15) is 11.9 Å². The van der Waals surface area contributed by atoms with Crippen molar-refractivity contribution in [1.29, 1.82) is 0 Å². The molecular weight excluding hydrogens is 278 g/mol. The molecule has 1 fully saturated rings. The first-order chi connectivity index (χ1) is 10.6. The summed E-state index contributed by atoms with van der Waals surface area (Å²) in [6.07, 6.45) is 2.36. The van der Waals surface area contributed by atoms with E-state index in [2.05, 4.69) is 58.5 Å². The molecule has 6 heteroatoms. The van der Waals surface area contributed by atoms with Gasteiger partial charge in [-0.1, -0.05) is 17.7 Å². The van der Waals surface area contributed by atoms with Crippen LogP contribution in [0.2, 0.25) is 0 Å². The lowest BCUT2D eigenvalue weighted by Crippen LogP contribution is -2.40. The number of benzene rings is 1. The van der Waals surface area contributed by atoms with Crippen LogP contribution in [0.1, 0.15) is 37.2 Å². The third-order valence-corrected chi connectivity index (χ3v) is 4.37. The number of nitrogens with zero attached hydrogens (tertiary/aromatic N) is 5. The fourth-order valence-corrected chi connectivity index (χ4v) is 2.94. The lowest BCUT2D eigenvalue weighted by molar-refractivity contribution is 0.0764. The highest BCUT2D eigenvalue weighted by Gasteiger charge is 2.26. The van der Waals surface area contributed by atoms with Crippen molar-refractivity contribution in [1.82, 2.24) is 25.1 Å². The third kappa shape index (κ3) is 3.27. The number of aryl methyl sites for hydroxylation is 2. The van der Waals surface area contributed by atoms with Gasteiger partial charge in [0.2, 0.25) is 0 Å². The maximum Gasteiger partial charge on any atom is 0.167 e. The molecule has 6 nitrogen and oxygen atoms in total. The van der Waals surface area contributed by atoms with Crippen molar-refractivity contribution in [3.05, 3.63) is 35.7 Å². The number of tetrazole rings is 1. The molecule has 1 saturated heterocycles. The van der Waals surface area contributed by atoms with Gasteiger partial charge in [-0.2, -0.15) is 0 Å². The Kier molecular flexibility index (Phi) is 4.38. The molecule has 0 spiro atoms. The Labute approximate surface area is 131 Å². The summed E-state index contributed by atoms with van der Waals surface area (Å²) in [4.78, 5) is 2.42. The fraction of sp³-hybridized carbons (Fsp3) is 0.562. The number of hydrogen-bond acceptors (Lipinski definition) is 5. The molecule has 0 N–H and O–H groups in total. The zero-order valence-corrected chi connectivity index (χ0v) is 13.4. The standard InChI is InChI=1S/C16H23N5O/c1-12-4-6-14(7-5-12)22-15-8-10-21(11-9-15)13(2)16-17-18-19-20(16)3/h4-7,13,15H,8-11H2,1-3H3/t13-/m1/s1. The molecule has 0 saturated carbocycles. The first-order valence-corrected chi connectivity index (χ1v) is 7.83. The van der Waals surface area contributed by atoms with Crippen LogP contribution >= 0.6 is 0 Å². The summed E-state index contributed by atoms with van der Waals surface area (Å²) in [7, 11) is 1.89. The van der Waals surface area contributed by atoms with E-state index in [1.165, 1.54) is 5.56 Å². The van der Waals surface area contributed by atoms with E-state index in [-0.39, 0.29) is 6.04 Å². The molecule has 1 aromatic heterocycles. The maximum atomic E-state index is 6.08. The summed E-state index contributed by atoms with van der Waals surface area (Å²) in [6.45, 7) is 6.26. The third-order valence-electron chi connectivity index (χ3n) is 4.37. The maximum absolute atomic E-state index is 6.08. The van der Waals surface area contributed by atoms with Gasteiger partial charge in [0.25, 0.3) is 0 Å². The van der Waals surface area contributed by atoms with Gasteiger partial charge < -0.3 is 4.74 Å². The second-order valence-electron chi connectivity index (χ2n) is 6.00. The molecule has 3 rings (SSSR count). The molecule has 2 aromatic rings. The van der Waals surface area contributed by atoms with E-state index in [1.54, 1.807) is 4.68 Å². The van der Waals surface area contributed by atoms with Crippen molar-refractivity contribution in [2.24, 2.45) is 7.05 Å². The van der Waals surface area contributed by atoms with Gasteiger partial charge >= 0.3 is 0 Å². The van der Waals surface area contributed by atoms with Gasteiger partial charge in [0, 0.05) is 20.1 Å². The Morgan fingerprint density at radius 3 is 2.45 bits per heavy atom. The summed E-state index contributed by atoms with van der Waals surface area (Å²) in [5.41, 5.74) is 1.26. The highest BCUT2D eigenvalue weighted by Crippen LogP contribution is 2.24. The lowest BCUT2D eigenvalue weighted by Gasteiger charge is -2.35. The summed E-state index contributed by atoms with van der Waals surface area (Å²) in [5.74, 6) is 1.88.